The number of aliphatic hydroxyl groups is 3. The summed E-state index contributed by atoms with van der Waals surface area (Å²) in [6, 6.07) is 0. The summed E-state index contributed by atoms with van der Waals surface area (Å²) >= 11 is 0. The Hall–Kier alpha value is -1.66. The normalized spacial score (nSPS) is 28.6. The molecular formula is C10H13N4O8P. The molecule has 2 aromatic rings. The van der Waals surface area contributed by atoms with Gasteiger partial charge in [0, 0.05) is 0 Å². The van der Waals surface area contributed by atoms with Crippen molar-refractivity contribution in [1.29, 1.82) is 0 Å². The number of hydrogen-bond acceptors (Lipinski definition) is 8. The second-order valence-electron chi connectivity index (χ2n) is 4.96. The number of nitrogens with zero attached hydrogens (tertiary/aromatic N) is 4. The van der Waals surface area contributed by atoms with Gasteiger partial charge in [0.15, 0.2) is 17.4 Å². The molecule has 1 aliphatic rings. The van der Waals surface area contributed by atoms with E-state index < -0.39 is 44.5 Å². The Morgan fingerprint density at radius 1 is 1.22 bits per heavy atom. The summed E-state index contributed by atoms with van der Waals surface area (Å²) in [6.07, 6.45) is -3.63. The van der Waals surface area contributed by atoms with Crippen LogP contribution in [0.2, 0.25) is 0 Å². The Bertz CT molecular complexity index is 843. The van der Waals surface area contributed by atoms with Crippen LogP contribution >= 0.6 is 7.75 Å². The van der Waals surface area contributed by atoms with Crippen LogP contribution in [0.1, 0.15) is 6.23 Å². The lowest BCUT2D eigenvalue weighted by atomic mass is 10.1. The van der Waals surface area contributed by atoms with Crippen LogP contribution in [0, 0.1) is 0 Å². The molecule has 0 unspecified atom stereocenters. The van der Waals surface area contributed by atoms with E-state index in [4.69, 9.17) is 9.84 Å². The minimum absolute atomic E-state index is 0.326. The lowest BCUT2D eigenvalue weighted by Crippen LogP contribution is -2.33. The summed E-state index contributed by atoms with van der Waals surface area (Å²) in [5.74, 6) is 0. The summed E-state index contributed by atoms with van der Waals surface area (Å²) in [5.41, 5.74) is -1.49. The Morgan fingerprint density at radius 2 is 1.91 bits per heavy atom. The molecule has 0 aromatic carbocycles. The van der Waals surface area contributed by atoms with Gasteiger partial charge in [0.25, 0.3) is 0 Å². The molecule has 0 saturated carbocycles. The standard InChI is InChI=1S/C10H13N4O8P/c15-1-4-6(16)7(17)10(22-4)13-2-11-5-8(18)12-3-14(9(5)13)23(19,20)21/h2-4,6-7,10,15-17H,1H2,(H2,19,20,21)/t4-,6-,7-,10-/m1/s1. The number of imidazole rings is 1. The van der Waals surface area contributed by atoms with Crippen LogP contribution < -0.4 is 5.56 Å². The largest absolute Gasteiger partial charge is 0.436 e. The van der Waals surface area contributed by atoms with E-state index in [9.17, 15) is 29.4 Å². The van der Waals surface area contributed by atoms with Gasteiger partial charge in [-0.15, -0.1) is 0 Å². The highest BCUT2D eigenvalue weighted by atomic mass is 31.2. The second kappa shape index (κ2) is 5.46. The Balaban J connectivity index is 2.22. The molecule has 12 nitrogen and oxygen atoms in total. The van der Waals surface area contributed by atoms with Crippen molar-refractivity contribution in [2.24, 2.45) is 0 Å². The maximum absolute atomic E-state index is 11.7. The van der Waals surface area contributed by atoms with E-state index in [0.717, 1.165) is 10.9 Å². The third kappa shape index (κ3) is 2.50. The van der Waals surface area contributed by atoms with Gasteiger partial charge in [-0.2, -0.15) is 4.98 Å². The highest BCUT2D eigenvalue weighted by Crippen LogP contribution is 2.40. The molecule has 1 saturated heterocycles. The Labute approximate surface area is 127 Å². The first-order valence-electron chi connectivity index (χ1n) is 6.38. The number of aromatic nitrogens is 4. The quantitative estimate of drug-likeness (QED) is 0.362. The molecule has 13 heteroatoms. The van der Waals surface area contributed by atoms with Crippen molar-refractivity contribution in [2.45, 2.75) is 24.5 Å². The molecule has 1 aliphatic heterocycles. The van der Waals surface area contributed by atoms with Gasteiger partial charge in [0.05, 0.1) is 12.9 Å². The SMILES string of the molecule is O=c1ncn(P(=O)(O)O)c2c1ncn2[C@@H]1O[C@H](CO)[C@@H](O)[C@H]1O. The first kappa shape index (κ1) is 16.2. The Morgan fingerprint density at radius 3 is 2.48 bits per heavy atom. The van der Waals surface area contributed by atoms with Gasteiger partial charge in [-0.25, -0.2) is 13.9 Å². The maximum atomic E-state index is 11.7. The van der Waals surface area contributed by atoms with E-state index in [1.165, 1.54) is 0 Å². The zero-order valence-electron chi connectivity index (χ0n) is 11.4. The van der Waals surface area contributed by atoms with E-state index in [2.05, 4.69) is 9.97 Å². The molecule has 23 heavy (non-hydrogen) atoms. The molecule has 0 spiro atoms. The third-order valence-corrected chi connectivity index (χ3v) is 4.40. The van der Waals surface area contributed by atoms with E-state index >= 15 is 0 Å². The minimum Gasteiger partial charge on any atom is -0.394 e. The Kier molecular flexibility index (Phi) is 3.84. The van der Waals surface area contributed by atoms with E-state index in [0.29, 0.717) is 10.7 Å². The zero-order chi connectivity index (χ0) is 16.9. The van der Waals surface area contributed by atoms with Crippen molar-refractivity contribution in [2.75, 3.05) is 6.61 Å². The van der Waals surface area contributed by atoms with Crippen molar-refractivity contribution in [1.82, 2.24) is 18.9 Å². The fraction of sp³-hybridized carbons (Fsp3) is 0.500. The van der Waals surface area contributed by atoms with Gasteiger partial charge in [-0.1, -0.05) is 0 Å². The van der Waals surface area contributed by atoms with Crippen LogP contribution in [0.25, 0.3) is 11.2 Å². The fourth-order valence-corrected chi connectivity index (χ4v) is 3.07. The van der Waals surface area contributed by atoms with Crippen molar-refractivity contribution in [3.05, 3.63) is 23.0 Å². The van der Waals surface area contributed by atoms with Gasteiger partial charge in [0.1, 0.15) is 24.6 Å². The predicted octanol–water partition coefficient (Wildman–Crippen LogP) is -2.85. The summed E-state index contributed by atoms with van der Waals surface area (Å²) in [7, 11) is -4.87. The van der Waals surface area contributed by atoms with Crippen molar-refractivity contribution >= 4 is 18.9 Å². The molecule has 3 heterocycles. The lowest BCUT2D eigenvalue weighted by Gasteiger charge is -2.19. The average molecular weight is 348 g/mol. The smallest absolute Gasteiger partial charge is 0.394 e. The highest BCUT2D eigenvalue weighted by molar-refractivity contribution is 7.50. The van der Waals surface area contributed by atoms with Gasteiger partial charge in [-0.05, 0) is 0 Å². The van der Waals surface area contributed by atoms with E-state index in [1.807, 2.05) is 0 Å². The fourth-order valence-electron chi connectivity index (χ4n) is 2.44. The highest BCUT2D eigenvalue weighted by Gasteiger charge is 2.44. The molecule has 0 radical (unpaired) electrons. The molecule has 0 bridgehead atoms. The van der Waals surface area contributed by atoms with Crippen molar-refractivity contribution < 1.29 is 34.4 Å². The van der Waals surface area contributed by atoms with Crippen LogP contribution in [-0.4, -0.2) is 68.9 Å². The molecule has 126 valence electrons. The van der Waals surface area contributed by atoms with Gasteiger partial charge in [0.2, 0.25) is 0 Å². The first-order valence-corrected chi connectivity index (χ1v) is 7.95. The maximum Gasteiger partial charge on any atom is 0.436 e. The third-order valence-electron chi connectivity index (χ3n) is 3.54. The van der Waals surface area contributed by atoms with E-state index in [1.54, 1.807) is 0 Å². The van der Waals surface area contributed by atoms with Crippen molar-refractivity contribution in [3.8, 4) is 0 Å². The topological polar surface area (TPSA) is 180 Å². The van der Waals surface area contributed by atoms with Crippen LogP contribution in [0.4, 0.5) is 0 Å². The van der Waals surface area contributed by atoms with Gasteiger partial charge < -0.3 is 29.8 Å². The molecule has 0 amide bonds. The van der Waals surface area contributed by atoms with E-state index in [-0.39, 0.29) is 11.2 Å². The van der Waals surface area contributed by atoms with Crippen LogP contribution in [-0.2, 0) is 9.30 Å². The predicted molar refractivity (Wildman–Crippen MR) is 72.2 cm³/mol. The molecule has 4 atom stereocenters. The first-order chi connectivity index (χ1) is 10.8. The summed E-state index contributed by atoms with van der Waals surface area (Å²) < 4.78 is 18.3. The number of rotatable bonds is 3. The minimum atomic E-state index is -4.87. The monoisotopic (exact) mass is 348 g/mol. The molecule has 1 fully saturated rings. The van der Waals surface area contributed by atoms with Crippen LogP contribution in [0.3, 0.4) is 0 Å². The van der Waals surface area contributed by atoms with Crippen LogP contribution in [0.15, 0.2) is 17.4 Å². The van der Waals surface area contributed by atoms with Gasteiger partial charge >= 0.3 is 13.3 Å². The summed E-state index contributed by atoms with van der Waals surface area (Å²) in [5, 5.41) is 28.9. The molecule has 2 aromatic heterocycles. The number of fused-ring (bicyclic) bond motifs is 1. The van der Waals surface area contributed by atoms with Crippen molar-refractivity contribution in [3.63, 3.8) is 0 Å². The number of ether oxygens (including phenoxy) is 1. The lowest BCUT2D eigenvalue weighted by molar-refractivity contribution is -0.0512. The number of hydrogen-bond donors (Lipinski definition) is 5. The zero-order valence-corrected chi connectivity index (χ0v) is 12.3. The number of aliphatic hydroxyl groups excluding tert-OH is 3. The van der Waals surface area contributed by atoms with Gasteiger partial charge in [-0.3, -0.25) is 9.36 Å². The molecule has 3 rings (SSSR count). The average Bonchev–Trinajstić information content (AvgIpc) is 3.02. The second-order valence-corrected chi connectivity index (χ2v) is 6.42. The van der Waals surface area contributed by atoms with Crippen LogP contribution in [0.5, 0.6) is 0 Å². The molecular weight excluding hydrogens is 335 g/mol. The summed E-state index contributed by atoms with van der Waals surface area (Å²) in [4.78, 5) is 37.5. The molecule has 0 aliphatic carbocycles. The molecule has 5 N–H and O–H groups in total. The summed E-state index contributed by atoms with van der Waals surface area (Å²) in [6.45, 7) is -0.575.